The molecule has 0 bridgehead atoms. The summed E-state index contributed by atoms with van der Waals surface area (Å²) in [7, 11) is 2.01. The average molecular weight is 353 g/mol. The Bertz CT molecular complexity index is 740. The Hall–Kier alpha value is -2.02. The monoisotopic (exact) mass is 353 g/mol. The first-order chi connectivity index (χ1) is 11.9. The van der Waals surface area contributed by atoms with E-state index in [0.29, 0.717) is 36.5 Å². The molecule has 0 spiro atoms. The number of aromatic nitrogens is 1. The van der Waals surface area contributed by atoms with Gasteiger partial charge in [-0.1, -0.05) is 19.1 Å². The topological polar surface area (TPSA) is 28.6 Å². The summed E-state index contributed by atoms with van der Waals surface area (Å²) in [6.45, 7) is 5.41. The molecule has 4 nitrogen and oxygen atoms in total. The van der Waals surface area contributed by atoms with Crippen LogP contribution >= 0.6 is 0 Å². The van der Waals surface area contributed by atoms with E-state index in [2.05, 4.69) is 9.88 Å². The van der Waals surface area contributed by atoms with Crippen LogP contribution in [0.15, 0.2) is 24.3 Å². The highest BCUT2D eigenvalue weighted by Gasteiger charge is 2.34. The van der Waals surface area contributed by atoms with Crippen LogP contribution in [0.25, 0.3) is 10.9 Å². The minimum atomic E-state index is -4.49. The lowest BCUT2D eigenvalue weighted by molar-refractivity contribution is -0.140. The number of benzene rings is 1. The molecule has 136 valence electrons. The summed E-state index contributed by atoms with van der Waals surface area (Å²) in [6, 6.07) is 6.47. The number of fused-ring (bicyclic) bond motifs is 1. The van der Waals surface area contributed by atoms with Crippen LogP contribution in [0.3, 0.4) is 0 Å². The van der Waals surface area contributed by atoms with Gasteiger partial charge in [-0.15, -0.1) is 0 Å². The molecule has 0 aliphatic carbocycles. The van der Waals surface area contributed by atoms with Crippen molar-refractivity contribution in [2.45, 2.75) is 19.5 Å². The van der Waals surface area contributed by atoms with Gasteiger partial charge in [-0.25, -0.2) is 4.98 Å². The van der Waals surface area contributed by atoms with Gasteiger partial charge in [0.15, 0.2) is 0 Å². The van der Waals surface area contributed by atoms with Crippen LogP contribution in [0.5, 0.6) is 5.75 Å². The lowest BCUT2D eigenvalue weighted by atomic mass is 10.1. The third-order valence-corrected chi connectivity index (χ3v) is 4.38. The highest BCUT2D eigenvalue weighted by molar-refractivity contribution is 5.95. The van der Waals surface area contributed by atoms with Crippen molar-refractivity contribution in [1.29, 1.82) is 0 Å². The number of nitrogens with zero attached hydrogens (tertiary/aromatic N) is 3. The molecule has 0 N–H and O–H groups in total. The van der Waals surface area contributed by atoms with Gasteiger partial charge in [0, 0.05) is 37.3 Å². The van der Waals surface area contributed by atoms with E-state index in [4.69, 9.17) is 4.74 Å². The number of halogens is 3. The van der Waals surface area contributed by atoms with E-state index in [9.17, 15) is 13.2 Å². The molecule has 0 unspecified atom stereocenters. The molecule has 3 rings (SSSR count). The number of anilines is 1. The number of hydrogen-bond donors (Lipinski definition) is 0. The second-order valence-electron chi connectivity index (χ2n) is 6.32. The third-order valence-electron chi connectivity index (χ3n) is 4.38. The van der Waals surface area contributed by atoms with Crippen LogP contribution in [0.4, 0.5) is 18.9 Å². The first-order valence-corrected chi connectivity index (χ1v) is 8.47. The molecule has 1 saturated heterocycles. The van der Waals surface area contributed by atoms with Crippen molar-refractivity contribution >= 4 is 16.6 Å². The first kappa shape index (κ1) is 17.8. The molecule has 2 aromatic rings. The summed E-state index contributed by atoms with van der Waals surface area (Å²) in [5.74, 6) is 0.404. The zero-order chi connectivity index (χ0) is 18.0. The van der Waals surface area contributed by atoms with Crippen molar-refractivity contribution in [3.05, 3.63) is 30.0 Å². The van der Waals surface area contributed by atoms with E-state index < -0.39 is 11.9 Å². The van der Waals surface area contributed by atoms with E-state index in [0.717, 1.165) is 25.6 Å². The van der Waals surface area contributed by atoms with Crippen molar-refractivity contribution in [2.24, 2.45) is 0 Å². The summed E-state index contributed by atoms with van der Waals surface area (Å²) in [4.78, 5) is 8.05. The van der Waals surface area contributed by atoms with Crippen molar-refractivity contribution < 1.29 is 17.9 Å². The fraction of sp³-hybridized carbons (Fsp3) is 0.500. The number of piperazine rings is 1. The van der Waals surface area contributed by atoms with Gasteiger partial charge in [0.2, 0.25) is 0 Å². The Kier molecular flexibility index (Phi) is 5.03. The Morgan fingerprint density at radius 2 is 1.88 bits per heavy atom. The Morgan fingerprint density at radius 1 is 1.16 bits per heavy atom. The van der Waals surface area contributed by atoms with Crippen molar-refractivity contribution in [2.75, 3.05) is 44.7 Å². The van der Waals surface area contributed by atoms with E-state index in [-0.39, 0.29) is 5.52 Å². The minimum Gasteiger partial charge on any atom is -0.491 e. The van der Waals surface area contributed by atoms with Crippen molar-refractivity contribution in [3.63, 3.8) is 0 Å². The molecule has 1 aliphatic heterocycles. The molecule has 1 aromatic carbocycles. The van der Waals surface area contributed by atoms with E-state index >= 15 is 0 Å². The van der Waals surface area contributed by atoms with E-state index in [1.165, 1.54) is 0 Å². The smallest absolute Gasteiger partial charge is 0.433 e. The number of ether oxygens (including phenoxy) is 1. The second kappa shape index (κ2) is 7.07. The summed E-state index contributed by atoms with van der Waals surface area (Å²) < 4.78 is 45.8. The lowest BCUT2D eigenvalue weighted by Crippen LogP contribution is -2.44. The molecular formula is C18H22F3N3O. The van der Waals surface area contributed by atoms with Gasteiger partial charge in [-0.2, -0.15) is 13.2 Å². The van der Waals surface area contributed by atoms with Gasteiger partial charge in [-0.05, 0) is 25.6 Å². The molecule has 0 radical (unpaired) electrons. The van der Waals surface area contributed by atoms with E-state index in [1.807, 2.05) is 31.0 Å². The molecule has 1 aromatic heterocycles. The average Bonchev–Trinajstić information content (AvgIpc) is 2.59. The molecule has 25 heavy (non-hydrogen) atoms. The van der Waals surface area contributed by atoms with Crippen LogP contribution in [0.1, 0.15) is 19.0 Å². The first-order valence-electron chi connectivity index (χ1n) is 8.47. The number of pyridine rings is 1. The summed E-state index contributed by atoms with van der Waals surface area (Å²) in [6.07, 6.45) is -3.71. The van der Waals surface area contributed by atoms with Gasteiger partial charge in [0.25, 0.3) is 0 Å². The van der Waals surface area contributed by atoms with Crippen LogP contribution in [-0.4, -0.2) is 49.7 Å². The lowest BCUT2D eigenvalue weighted by Gasteiger charge is -2.35. The van der Waals surface area contributed by atoms with Gasteiger partial charge < -0.3 is 14.5 Å². The zero-order valence-corrected chi connectivity index (χ0v) is 14.4. The van der Waals surface area contributed by atoms with Crippen LogP contribution < -0.4 is 9.64 Å². The fourth-order valence-corrected chi connectivity index (χ4v) is 2.99. The van der Waals surface area contributed by atoms with Gasteiger partial charge in [0.1, 0.15) is 17.0 Å². The number of para-hydroxylation sites is 1. The van der Waals surface area contributed by atoms with Crippen LogP contribution in [0.2, 0.25) is 0 Å². The van der Waals surface area contributed by atoms with Crippen LogP contribution in [-0.2, 0) is 6.18 Å². The highest BCUT2D eigenvalue weighted by atomic mass is 19.4. The van der Waals surface area contributed by atoms with Gasteiger partial charge in [-0.3, -0.25) is 0 Å². The SMILES string of the molecule is CCCOc1cccc2c(N3CCN(C)CC3)cc(C(F)(F)F)nc12. The number of alkyl halides is 3. The second-order valence-corrected chi connectivity index (χ2v) is 6.32. The summed E-state index contributed by atoms with van der Waals surface area (Å²) in [5, 5.41) is 0.700. The van der Waals surface area contributed by atoms with Gasteiger partial charge in [0.05, 0.1) is 6.61 Å². The minimum absolute atomic E-state index is 0.278. The Labute approximate surface area is 145 Å². The maximum Gasteiger partial charge on any atom is 0.433 e. The van der Waals surface area contributed by atoms with Crippen LogP contribution in [0, 0.1) is 0 Å². The predicted octanol–water partition coefficient (Wildman–Crippen LogP) is 3.79. The van der Waals surface area contributed by atoms with Gasteiger partial charge >= 0.3 is 6.18 Å². The van der Waals surface area contributed by atoms with E-state index in [1.54, 1.807) is 6.07 Å². The normalized spacial score (nSPS) is 16.4. The molecular weight excluding hydrogens is 331 g/mol. The largest absolute Gasteiger partial charge is 0.491 e. The zero-order valence-electron chi connectivity index (χ0n) is 14.4. The maximum absolute atomic E-state index is 13.4. The highest BCUT2D eigenvalue weighted by Crippen LogP contribution is 2.37. The molecule has 2 heterocycles. The van der Waals surface area contributed by atoms with Crippen molar-refractivity contribution in [3.8, 4) is 5.75 Å². The molecule has 0 amide bonds. The number of likely N-dealkylation sites (N-methyl/N-ethyl adjacent to an activating group) is 1. The maximum atomic E-state index is 13.4. The molecule has 7 heteroatoms. The standard InChI is InChI=1S/C18H22F3N3O/c1-3-11-25-15-6-4-5-13-14(24-9-7-23(2)8-10-24)12-16(18(19,20)21)22-17(13)15/h4-6,12H,3,7-11H2,1-2H3. The quantitative estimate of drug-likeness (QED) is 0.836. The Balaban J connectivity index is 2.13. The third kappa shape index (κ3) is 3.81. The molecule has 0 atom stereocenters. The molecule has 1 aliphatic rings. The number of rotatable bonds is 4. The van der Waals surface area contributed by atoms with Crippen molar-refractivity contribution in [1.82, 2.24) is 9.88 Å². The predicted molar refractivity (Wildman–Crippen MR) is 92.2 cm³/mol. The molecule has 0 saturated carbocycles. The summed E-state index contributed by atoms with van der Waals surface area (Å²) >= 11 is 0. The molecule has 1 fully saturated rings. The fourth-order valence-electron chi connectivity index (χ4n) is 2.99. The Morgan fingerprint density at radius 3 is 2.52 bits per heavy atom. The summed E-state index contributed by atoms with van der Waals surface area (Å²) in [5.41, 5.74) is -0.0199. The number of hydrogen-bond acceptors (Lipinski definition) is 4.